The van der Waals surface area contributed by atoms with Gasteiger partial charge in [0.1, 0.15) is 0 Å². The van der Waals surface area contributed by atoms with Gasteiger partial charge in [0, 0.05) is 19.0 Å². The molecular weight excluding hydrogens is 500 g/mol. The Bertz CT molecular complexity index is 1230. The topological polar surface area (TPSA) is 64.9 Å². The first-order chi connectivity index (χ1) is 17.4. The highest BCUT2D eigenvalue weighted by Gasteiger charge is 2.56. The van der Waals surface area contributed by atoms with Crippen LogP contribution >= 0.6 is 0 Å². The molecule has 3 aromatic rings. The average Bonchev–Trinajstić information content (AvgIpc) is 3.41. The van der Waals surface area contributed by atoms with Crippen molar-refractivity contribution in [2.75, 3.05) is 0 Å². The lowest BCUT2D eigenvalue weighted by Gasteiger charge is -2.43. The second kappa shape index (κ2) is 9.09. The highest BCUT2D eigenvalue weighted by molar-refractivity contribution is 5.36. The molecule has 1 aromatic heterocycles. The number of halogens is 6. The summed E-state index contributed by atoms with van der Waals surface area (Å²) in [6.45, 7) is 1.49. The molecule has 2 bridgehead atoms. The van der Waals surface area contributed by atoms with Crippen LogP contribution in [-0.4, -0.2) is 32.4 Å². The molecule has 0 radical (unpaired) electrons. The number of tetrazole rings is 1. The smallest absolute Gasteiger partial charge is 0.368 e. The molecule has 5 atom stereocenters. The number of fused-ring (bicyclic) bond motifs is 2. The molecule has 0 aliphatic carbocycles. The van der Waals surface area contributed by atoms with Crippen molar-refractivity contribution < 1.29 is 31.1 Å². The summed E-state index contributed by atoms with van der Waals surface area (Å²) in [4.78, 5) is 0. The number of nitrogens with zero attached hydrogens (tertiary/aromatic N) is 4. The van der Waals surface area contributed by atoms with Crippen molar-refractivity contribution in [3.8, 4) is 0 Å². The zero-order valence-electron chi connectivity index (χ0n) is 20.0. The lowest BCUT2D eigenvalue weighted by atomic mass is 9.79. The molecule has 2 saturated heterocycles. The summed E-state index contributed by atoms with van der Waals surface area (Å²) >= 11 is 0. The van der Waals surface area contributed by atoms with Crippen LogP contribution in [0, 0.1) is 0 Å². The zero-order valence-corrected chi connectivity index (χ0v) is 20.0. The normalized spacial score (nSPS) is 26.9. The second-order valence-electron chi connectivity index (χ2n) is 9.74. The van der Waals surface area contributed by atoms with E-state index in [1.807, 2.05) is 30.3 Å². The van der Waals surface area contributed by atoms with E-state index in [4.69, 9.17) is 4.74 Å². The Morgan fingerprint density at radius 1 is 1.00 bits per heavy atom. The van der Waals surface area contributed by atoms with E-state index in [0.29, 0.717) is 25.1 Å². The molecule has 37 heavy (non-hydrogen) atoms. The third-order valence-electron chi connectivity index (χ3n) is 7.48. The Morgan fingerprint density at radius 2 is 1.65 bits per heavy atom. The average molecular weight is 525 g/mol. The summed E-state index contributed by atoms with van der Waals surface area (Å²) in [5.74, 6) is 0.659. The minimum absolute atomic E-state index is 0.0328. The fourth-order valence-corrected chi connectivity index (χ4v) is 5.72. The fraction of sp³-hybridized carbons (Fsp3) is 0.480. The van der Waals surface area contributed by atoms with Crippen LogP contribution in [0.25, 0.3) is 0 Å². The summed E-state index contributed by atoms with van der Waals surface area (Å²) < 4.78 is 88.6. The predicted octanol–water partition coefficient (Wildman–Crippen LogP) is 5.53. The molecule has 3 heterocycles. The molecule has 1 N–H and O–H groups in total. The first-order valence-electron chi connectivity index (χ1n) is 11.9. The largest absolute Gasteiger partial charge is 0.416 e. The van der Waals surface area contributed by atoms with E-state index >= 15 is 0 Å². The van der Waals surface area contributed by atoms with Gasteiger partial charge in [0.2, 0.25) is 0 Å². The molecule has 5 rings (SSSR count). The highest BCUT2D eigenvalue weighted by Crippen LogP contribution is 2.51. The van der Waals surface area contributed by atoms with Gasteiger partial charge in [-0.1, -0.05) is 30.3 Å². The highest BCUT2D eigenvalue weighted by atomic mass is 19.4. The standard InChI is InChI=1S/C25H25F6N5O/c1-14(15-10-17(24(26,27)28)12-18(11-15)25(29,30)31)37-21-9-8-20-19(22-33-34-35-36(22)2)13-23(21,32-20)16-6-4-3-5-7-16/h3-7,10-12,14,19-21,32H,8-9,13H2,1-2H3/t14-,19+,20-,21+,23+/m0/s1. The molecular formula is C25H25F6N5O. The van der Waals surface area contributed by atoms with Gasteiger partial charge >= 0.3 is 12.4 Å². The van der Waals surface area contributed by atoms with Crippen molar-refractivity contribution in [1.29, 1.82) is 0 Å². The van der Waals surface area contributed by atoms with Gasteiger partial charge in [-0.25, -0.2) is 4.68 Å². The molecule has 198 valence electrons. The van der Waals surface area contributed by atoms with Gasteiger partial charge in [0.15, 0.2) is 5.82 Å². The number of hydrogen-bond acceptors (Lipinski definition) is 5. The second-order valence-corrected chi connectivity index (χ2v) is 9.74. The summed E-state index contributed by atoms with van der Waals surface area (Å²) in [5.41, 5.74) is -2.69. The van der Waals surface area contributed by atoms with Crippen molar-refractivity contribution in [3.05, 3.63) is 76.6 Å². The van der Waals surface area contributed by atoms with Crippen LogP contribution < -0.4 is 5.32 Å². The quantitative estimate of drug-likeness (QED) is 0.444. The van der Waals surface area contributed by atoms with Crippen molar-refractivity contribution >= 4 is 0 Å². The minimum Gasteiger partial charge on any atom is -0.368 e. The Labute approximate surface area is 209 Å². The zero-order chi connectivity index (χ0) is 26.6. The number of hydrogen-bond donors (Lipinski definition) is 1. The van der Waals surface area contributed by atoms with Crippen molar-refractivity contribution in [3.63, 3.8) is 0 Å². The monoisotopic (exact) mass is 525 g/mol. The van der Waals surface area contributed by atoms with E-state index in [0.717, 1.165) is 17.7 Å². The van der Waals surface area contributed by atoms with E-state index < -0.39 is 41.2 Å². The maximum absolute atomic E-state index is 13.4. The SMILES string of the molecule is C[C@H](O[C@@H]1CC[C@@H]2N[C@@]1(c1ccccc1)C[C@H]2c1nnnn1C)c1cc(C(F)(F)F)cc(C(F)(F)F)c1. The molecule has 2 aliphatic rings. The van der Waals surface area contributed by atoms with Crippen molar-refractivity contribution in [2.24, 2.45) is 7.05 Å². The van der Waals surface area contributed by atoms with Gasteiger partial charge in [0.05, 0.1) is 28.9 Å². The van der Waals surface area contributed by atoms with Gasteiger partial charge in [-0.3, -0.25) is 0 Å². The third kappa shape index (κ3) is 4.72. The van der Waals surface area contributed by atoms with Gasteiger partial charge in [-0.15, -0.1) is 5.10 Å². The van der Waals surface area contributed by atoms with Crippen molar-refractivity contribution in [1.82, 2.24) is 25.5 Å². The first-order valence-corrected chi connectivity index (χ1v) is 11.9. The Kier molecular flexibility index (Phi) is 6.30. The lowest BCUT2D eigenvalue weighted by molar-refractivity contribution is -0.143. The van der Waals surface area contributed by atoms with E-state index in [2.05, 4.69) is 20.8 Å². The molecule has 12 heteroatoms. The number of piperidine rings is 1. The molecule has 0 unspecified atom stereocenters. The molecule has 2 aliphatic heterocycles. The maximum Gasteiger partial charge on any atom is 0.416 e. The molecule has 2 fully saturated rings. The first kappa shape index (κ1) is 25.7. The van der Waals surface area contributed by atoms with Gasteiger partial charge in [0.25, 0.3) is 0 Å². The van der Waals surface area contributed by atoms with Crippen LogP contribution in [0.4, 0.5) is 26.3 Å². The number of alkyl halides is 6. The molecule has 0 saturated carbocycles. The molecule has 0 spiro atoms. The summed E-state index contributed by atoms with van der Waals surface area (Å²) in [7, 11) is 1.76. The van der Waals surface area contributed by atoms with Crippen LogP contribution in [0.15, 0.2) is 48.5 Å². The minimum atomic E-state index is -4.93. The Balaban J connectivity index is 1.50. The fourth-order valence-electron chi connectivity index (χ4n) is 5.72. The van der Waals surface area contributed by atoms with Crippen LogP contribution in [0.2, 0.25) is 0 Å². The van der Waals surface area contributed by atoms with E-state index in [-0.39, 0.29) is 23.6 Å². The van der Waals surface area contributed by atoms with Crippen LogP contribution in [0.5, 0.6) is 0 Å². The number of aromatic nitrogens is 4. The van der Waals surface area contributed by atoms with Crippen LogP contribution in [0.1, 0.15) is 66.3 Å². The summed E-state index contributed by atoms with van der Waals surface area (Å²) in [5, 5.41) is 15.6. The van der Waals surface area contributed by atoms with E-state index in [9.17, 15) is 26.3 Å². The summed E-state index contributed by atoms with van der Waals surface area (Å²) in [6.07, 6.45) is -9.60. The van der Waals surface area contributed by atoms with Crippen molar-refractivity contribution in [2.45, 2.75) is 68.2 Å². The van der Waals surface area contributed by atoms with Crippen LogP contribution in [-0.2, 0) is 29.7 Å². The van der Waals surface area contributed by atoms with Gasteiger partial charge in [-0.05, 0) is 65.9 Å². The third-order valence-corrected chi connectivity index (χ3v) is 7.48. The number of benzene rings is 2. The van der Waals surface area contributed by atoms with E-state index in [1.165, 1.54) is 6.92 Å². The Hall–Kier alpha value is -2.99. The number of aryl methyl sites for hydroxylation is 1. The maximum atomic E-state index is 13.4. The van der Waals surface area contributed by atoms with Gasteiger partial charge in [-0.2, -0.15) is 26.3 Å². The molecule has 0 amide bonds. The molecule has 6 nitrogen and oxygen atoms in total. The van der Waals surface area contributed by atoms with E-state index in [1.54, 1.807) is 11.7 Å². The number of ether oxygens (including phenoxy) is 1. The van der Waals surface area contributed by atoms with Gasteiger partial charge < -0.3 is 10.1 Å². The van der Waals surface area contributed by atoms with Crippen LogP contribution in [0.3, 0.4) is 0 Å². The molecule has 2 aromatic carbocycles. The number of rotatable bonds is 5. The lowest BCUT2D eigenvalue weighted by Crippen LogP contribution is -2.54. The summed E-state index contributed by atoms with van der Waals surface area (Å²) in [6, 6.07) is 11.2. The number of nitrogens with one attached hydrogen (secondary N) is 1. The predicted molar refractivity (Wildman–Crippen MR) is 120 cm³/mol. The Morgan fingerprint density at radius 3 is 2.22 bits per heavy atom.